The first-order chi connectivity index (χ1) is 8.27. The Hall–Kier alpha value is -1.55. The minimum absolute atomic E-state index is 0.0569. The van der Waals surface area contributed by atoms with E-state index in [9.17, 15) is 4.79 Å². The summed E-state index contributed by atoms with van der Waals surface area (Å²) in [5, 5.41) is 3.23. The summed E-state index contributed by atoms with van der Waals surface area (Å²) in [5.74, 6) is 0.976. The topological polar surface area (TPSA) is 41.6 Å². The van der Waals surface area contributed by atoms with Crippen molar-refractivity contribution in [1.82, 2.24) is 10.2 Å². The van der Waals surface area contributed by atoms with Gasteiger partial charge in [0.25, 0.3) is 0 Å². The molecule has 0 aliphatic carbocycles. The lowest BCUT2D eigenvalue weighted by molar-refractivity contribution is -0.128. The van der Waals surface area contributed by atoms with E-state index < -0.39 is 0 Å². The van der Waals surface area contributed by atoms with Crippen LogP contribution in [-0.2, 0) is 4.79 Å². The van der Waals surface area contributed by atoms with Gasteiger partial charge >= 0.3 is 0 Å². The molecular formula is C13H18N2O2. The summed E-state index contributed by atoms with van der Waals surface area (Å²) in [7, 11) is 1.65. The fourth-order valence-electron chi connectivity index (χ4n) is 2.20. The Labute approximate surface area is 102 Å². The van der Waals surface area contributed by atoms with Gasteiger partial charge in [-0.15, -0.1) is 0 Å². The molecule has 4 nitrogen and oxygen atoms in total. The zero-order chi connectivity index (χ0) is 12.3. The molecule has 1 N–H and O–H groups in total. The number of ether oxygens (including phenoxy) is 1. The fraction of sp³-hybridized carbons (Fsp3) is 0.462. The number of rotatable bonds is 4. The van der Waals surface area contributed by atoms with Crippen molar-refractivity contribution in [2.45, 2.75) is 19.5 Å². The molecule has 0 bridgehead atoms. The van der Waals surface area contributed by atoms with E-state index in [0.717, 1.165) is 24.3 Å². The Kier molecular flexibility index (Phi) is 3.64. The van der Waals surface area contributed by atoms with Gasteiger partial charge in [-0.2, -0.15) is 0 Å². The fourth-order valence-corrected chi connectivity index (χ4v) is 2.20. The minimum atomic E-state index is -0.0569. The van der Waals surface area contributed by atoms with Gasteiger partial charge in [0.05, 0.1) is 13.7 Å². The van der Waals surface area contributed by atoms with Crippen molar-refractivity contribution < 1.29 is 9.53 Å². The third-order valence-corrected chi connectivity index (χ3v) is 2.98. The summed E-state index contributed by atoms with van der Waals surface area (Å²) >= 11 is 0. The van der Waals surface area contributed by atoms with Crippen LogP contribution in [0.15, 0.2) is 24.3 Å². The summed E-state index contributed by atoms with van der Waals surface area (Å²) in [5.41, 5.74) is 1.02. The Bertz CT molecular complexity index is 406. The number of nitrogens with zero attached hydrogens (tertiary/aromatic N) is 1. The molecule has 4 heteroatoms. The molecule has 1 aromatic rings. The molecule has 1 atom stereocenters. The summed E-state index contributed by atoms with van der Waals surface area (Å²) in [6.45, 7) is 3.25. The van der Waals surface area contributed by atoms with Gasteiger partial charge in [0.2, 0.25) is 5.91 Å². The molecule has 0 aromatic heterocycles. The third-order valence-electron chi connectivity index (χ3n) is 2.98. The lowest BCUT2D eigenvalue weighted by atomic mass is 10.1. The molecule has 1 saturated heterocycles. The van der Waals surface area contributed by atoms with Crippen molar-refractivity contribution in [2.75, 3.05) is 20.2 Å². The van der Waals surface area contributed by atoms with Gasteiger partial charge in [0.15, 0.2) is 0 Å². The number of para-hydroxylation sites is 1. The number of carbonyl (C=O) groups is 1. The van der Waals surface area contributed by atoms with Crippen LogP contribution in [0.4, 0.5) is 0 Å². The highest BCUT2D eigenvalue weighted by molar-refractivity contribution is 5.81. The third kappa shape index (κ3) is 2.26. The van der Waals surface area contributed by atoms with E-state index >= 15 is 0 Å². The highest BCUT2D eigenvalue weighted by Crippen LogP contribution is 2.29. The van der Waals surface area contributed by atoms with Gasteiger partial charge in [-0.05, 0) is 12.5 Å². The lowest BCUT2D eigenvalue weighted by Gasteiger charge is -2.25. The Balaban J connectivity index is 2.29. The number of hydrogen-bond acceptors (Lipinski definition) is 3. The van der Waals surface area contributed by atoms with Crippen LogP contribution in [0, 0.1) is 0 Å². The number of hydrogen-bond donors (Lipinski definition) is 1. The maximum absolute atomic E-state index is 11.8. The van der Waals surface area contributed by atoms with Crippen LogP contribution in [0.25, 0.3) is 0 Å². The van der Waals surface area contributed by atoms with E-state index in [4.69, 9.17) is 4.74 Å². The highest BCUT2D eigenvalue weighted by Gasteiger charge is 2.32. The van der Waals surface area contributed by atoms with Crippen molar-refractivity contribution in [1.29, 1.82) is 0 Å². The van der Waals surface area contributed by atoms with Gasteiger partial charge in [0, 0.05) is 12.1 Å². The van der Waals surface area contributed by atoms with Gasteiger partial charge in [-0.3, -0.25) is 10.1 Å². The second-order valence-corrected chi connectivity index (χ2v) is 4.11. The summed E-state index contributed by atoms with van der Waals surface area (Å²) < 4.78 is 5.34. The first kappa shape index (κ1) is 11.9. The minimum Gasteiger partial charge on any atom is -0.496 e. The molecule has 0 saturated carbocycles. The summed E-state index contributed by atoms with van der Waals surface area (Å²) in [4.78, 5) is 13.6. The molecule has 1 aliphatic rings. The number of methoxy groups -OCH3 is 1. The molecule has 17 heavy (non-hydrogen) atoms. The summed E-state index contributed by atoms with van der Waals surface area (Å²) in [6.07, 6.45) is 0.901. The normalized spacial score (nSPS) is 19.8. The second kappa shape index (κ2) is 5.19. The van der Waals surface area contributed by atoms with Crippen molar-refractivity contribution in [2.24, 2.45) is 0 Å². The van der Waals surface area contributed by atoms with E-state index in [-0.39, 0.29) is 12.1 Å². The van der Waals surface area contributed by atoms with Crippen LogP contribution >= 0.6 is 0 Å². The first-order valence-corrected chi connectivity index (χ1v) is 5.93. The maximum Gasteiger partial charge on any atom is 0.238 e. The monoisotopic (exact) mass is 234 g/mol. The zero-order valence-electron chi connectivity index (χ0n) is 10.3. The molecule has 0 spiro atoms. The smallest absolute Gasteiger partial charge is 0.238 e. The van der Waals surface area contributed by atoms with Gasteiger partial charge in [-0.25, -0.2) is 0 Å². The average molecular weight is 234 g/mol. The van der Waals surface area contributed by atoms with Crippen LogP contribution in [0.1, 0.15) is 25.1 Å². The van der Waals surface area contributed by atoms with Crippen molar-refractivity contribution in [3.63, 3.8) is 0 Å². The van der Waals surface area contributed by atoms with Gasteiger partial charge < -0.3 is 9.64 Å². The molecule has 1 heterocycles. The number of carbonyl (C=O) groups excluding carboxylic acids is 1. The van der Waals surface area contributed by atoms with Crippen molar-refractivity contribution in [3.8, 4) is 5.75 Å². The molecule has 0 radical (unpaired) electrons. The van der Waals surface area contributed by atoms with Crippen molar-refractivity contribution >= 4 is 5.91 Å². The van der Waals surface area contributed by atoms with Gasteiger partial charge in [-0.1, -0.05) is 25.1 Å². The van der Waals surface area contributed by atoms with E-state index in [0.29, 0.717) is 6.54 Å². The van der Waals surface area contributed by atoms with Crippen LogP contribution in [0.2, 0.25) is 0 Å². The molecule has 92 valence electrons. The number of nitrogens with one attached hydrogen (secondary N) is 1. The van der Waals surface area contributed by atoms with E-state index in [1.165, 1.54) is 0 Å². The quantitative estimate of drug-likeness (QED) is 0.859. The number of benzene rings is 1. The van der Waals surface area contributed by atoms with Crippen LogP contribution < -0.4 is 10.1 Å². The molecule has 1 unspecified atom stereocenters. The van der Waals surface area contributed by atoms with E-state index in [1.54, 1.807) is 7.11 Å². The maximum atomic E-state index is 11.8. The lowest BCUT2D eigenvalue weighted by Crippen LogP contribution is -2.31. The second-order valence-electron chi connectivity index (χ2n) is 4.11. The molecule has 1 aliphatic heterocycles. The van der Waals surface area contributed by atoms with E-state index in [2.05, 4.69) is 12.2 Å². The predicted molar refractivity (Wildman–Crippen MR) is 65.7 cm³/mol. The van der Waals surface area contributed by atoms with Crippen LogP contribution in [0.5, 0.6) is 5.75 Å². The number of amides is 1. The molecule has 1 fully saturated rings. The molecule has 2 rings (SSSR count). The van der Waals surface area contributed by atoms with Crippen LogP contribution in [-0.4, -0.2) is 31.0 Å². The van der Waals surface area contributed by atoms with Gasteiger partial charge in [0.1, 0.15) is 11.9 Å². The Morgan fingerprint density at radius 2 is 2.24 bits per heavy atom. The first-order valence-electron chi connectivity index (χ1n) is 5.93. The Morgan fingerprint density at radius 3 is 2.94 bits per heavy atom. The standard InChI is InChI=1S/C13H18N2O2/c1-3-8-15-12(16)9-14-13(15)10-6-4-5-7-11(10)17-2/h4-7,13-14H,3,8-9H2,1-2H3. The van der Waals surface area contributed by atoms with Crippen LogP contribution in [0.3, 0.4) is 0 Å². The molecule has 1 aromatic carbocycles. The predicted octanol–water partition coefficient (Wildman–Crippen LogP) is 1.54. The van der Waals surface area contributed by atoms with E-state index in [1.807, 2.05) is 29.2 Å². The Morgan fingerprint density at radius 1 is 1.47 bits per heavy atom. The summed E-state index contributed by atoms with van der Waals surface area (Å²) in [6, 6.07) is 7.82. The molecule has 1 amide bonds. The highest BCUT2D eigenvalue weighted by atomic mass is 16.5. The average Bonchev–Trinajstić information content (AvgIpc) is 2.72. The SMILES string of the molecule is CCCN1C(=O)CNC1c1ccccc1OC. The zero-order valence-corrected chi connectivity index (χ0v) is 10.3. The molecular weight excluding hydrogens is 216 g/mol. The van der Waals surface area contributed by atoms with Crippen molar-refractivity contribution in [3.05, 3.63) is 29.8 Å². The largest absolute Gasteiger partial charge is 0.496 e.